The number of amides is 10. The first-order valence-electron chi connectivity index (χ1n) is 24.3. The number of guanidine groups is 1. The number of nitrogens with zero attached hydrogens (tertiary/aromatic N) is 2. The zero-order valence-corrected chi connectivity index (χ0v) is 41.9. The lowest BCUT2D eigenvalue weighted by atomic mass is 10.0. The number of aromatic nitrogens is 3. The highest BCUT2D eigenvalue weighted by Crippen LogP contribution is 2.19. The SMILES string of the molecule is CC(=O)N[C@@H](CCCN=C(N)N)C(=O)NC1CC(=O)NCCCCC(C(N)=O)NC(=O)[C@H](Cc2c[nH]c3ccccc23)NC(=O)CNC(=O)C(Cc2ccccc2)NC(=O)[C@H](Cc2cnc[nH]2)NC1=O.CCC(N)=O. The molecule has 26 heteroatoms. The summed E-state index contributed by atoms with van der Waals surface area (Å²) < 4.78 is 0. The Kier molecular flexibility index (Phi) is 23.7. The van der Waals surface area contributed by atoms with Crippen molar-refractivity contribution in [2.24, 2.45) is 27.9 Å². The van der Waals surface area contributed by atoms with Gasteiger partial charge in [0.05, 0.1) is 19.3 Å². The minimum Gasteiger partial charge on any atom is -0.370 e. The molecule has 0 bridgehead atoms. The Morgan fingerprint density at radius 1 is 0.760 bits per heavy atom. The van der Waals surface area contributed by atoms with Crippen LogP contribution >= 0.6 is 0 Å². The van der Waals surface area contributed by atoms with Crippen molar-refractivity contribution in [3.05, 3.63) is 90.1 Å². The number of hydrogen-bond donors (Lipinski definition) is 14. The van der Waals surface area contributed by atoms with Crippen LogP contribution in [0, 0.1) is 0 Å². The molecule has 75 heavy (non-hydrogen) atoms. The minimum absolute atomic E-state index is 0.0159. The van der Waals surface area contributed by atoms with Crippen LogP contribution in [0.1, 0.15) is 75.6 Å². The van der Waals surface area contributed by atoms with Gasteiger partial charge >= 0.3 is 0 Å². The van der Waals surface area contributed by atoms with Gasteiger partial charge < -0.3 is 75.4 Å². The molecule has 26 nitrogen and oxygen atoms in total. The first-order valence-corrected chi connectivity index (χ1v) is 24.3. The Morgan fingerprint density at radius 3 is 2.09 bits per heavy atom. The monoisotopic (exact) mass is 1040 g/mol. The number of rotatable bonds is 15. The van der Waals surface area contributed by atoms with E-state index in [1.807, 2.05) is 24.3 Å². The van der Waals surface area contributed by atoms with Gasteiger partial charge in [0.25, 0.3) is 0 Å². The Bertz CT molecular complexity index is 2620. The number of carbonyl (C=O) groups excluding carboxylic acids is 10. The number of primary amides is 2. The highest BCUT2D eigenvalue weighted by atomic mass is 16.2. The van der Waals surface area contributed by atoms with E-state index in [0.29, 0.717) is 23.2 Å². The van der Waals surface area contributed by atoms with Crippen LogP contribution in [0.2, 0.25) is 0 Å². The summed E-state index contributed by atoms with van der Waals surface area (Å²) in [6.45, 7) is 2.44. The maximum Gasteiger partial charge on any atom is 0.243 e. The normalized spacial score (nSPS) is 19.9. The van der Waals surface area contributed by atoms with E-state index < -0.39 is 102 Å². The maximum absolute atomic E-state index is 14.4. The van der Waals surface area contributed by atoms with E-state index in [4.69, 9.17) is 17.2 Å². The molecule has 404 valence electrons. The third kappa shape index (κ3) is 20.7. The molecule has 1 saturated heterocycles. The fourth-order valence-electron chi connectivity index (χ4n) is 7.71. The van der Waals surface area contributed by atoms with Gasteiger partial charge in [-0.15, -0.1) is 0 Å². The Morgan fingerprint density at radius 2 is 1.43 bits per heavy atom. The summed E-state index contributed by atoms with van der Waals surface area (Å²) in [6.07, 6.45) is 4.89. The van der Waals surface area contributed by atoms with Gasteiger partial charge in [0.1, 0.15) is 36.3 Å². The van der Waals surface area contributed by atoms with Crippen LogP contribution in [0.3, 0.4) is 0 Å². The van der Waals surface area contributed by atoms with Crippen LogP contribution in [0.5, 0.6) is 0 Å². The molecule has 2 aromatic heterocycles. The Labute approximate surface area is 432 Å². The van der Waals surface area contributed by atoms with Gasteiger partial charge in [0.2, 0.25) is 59.1 Å². The molecule has 3 unspecified atom stereocenters. The van der Waals surface area contributed by atoms with Gasteiger partial charge in [-0.1, -0.05) is 55.5 Å². The number of H-pyrrole nitrogens is 2. The summed E-state index contributed by atoms with van der Waals surface area (Å²) in [4.78, 5) is 146. The van der Waals surface area contributed by atoms with E-state index in [2.05, 4.69) is 68.2 Å². The molecule has 4 aromatic rings. The molecule has 18 N–H and O–H groups in total. The number of para-hydroxylation sites is 1. The first kappa shape index (κ1) is 58.7. The van der Waals surface area contributed by atoms with Crippen molar-refractivity contribution in [1.82, 2.24) is 57.5 Å². The van der Waals surface area contributed by atoms with E-state index in [0.717, 1.165) is 10.9 Å². The summed E-state index contributed by atoms with van der Waals surface area (Å²) in [7, 11) is 0. The fraction of sp³-hybridized carbons (Fsp3) is 0.429. The van der Waals surface area contributed by atoms with Crippen LogP contribution in [0.25, 0.3) is 10.9 Å². The number of nitrogens with one attached hydrogen (secondary N) is 10. The summed E-state index contributed by atoms with van der Waals surface area (Å²) >= 11 is 0. The molecule has 6 atom stereocenters. The molecular formula is C49H68N16O10. The van der Waals surface area contributed by atoms with Crippen LogP contribution in [-0.4, -0.2) is 136 Å². The molecule has 0 spiro atoms. The summed E-state index contributed by atoms with van der Waals surface area (Å²) in [5, 5.41) is 21.7. The smallest absolute Gasteiger partial charge is 0.243 e. The molecular weight excluding hydrogens is 973 g/mol. The highest BCUT2D eigenvalue weighted by Gasteiger charge is 2.34. The molecule has 1 fully saturated rings. The highest BCUT2D eigenvalue weighted by molar-refractivity contribution is 5.98. The van der Waals surface area contributed by atoms with E-state index in [1.54, 1.807) is 43.5 Å². The molecule has 1 aliphatic rings. The minimum atomic E-state index is -1.62. The van der Waals surface area contributed by atoms with E-state index in [-0.39, 0.29) is 76.3 Å². The summed E-state index contributed by atoms with van der Waals surface area (Å²) in [6, 6.07) is 8.00. The van der Waals surface area contributed by atoms with E-state index in [9.17, 15) is 47.9 Å². The molecule has 2 aromatic carbocycles. The second-order valence-corrected chi connectivity index (χ2v) is 17.6. The molecule has 5 rings (SSSR count). The van der Waals surface area contributed by atoms with Crippen molar-refractivity contribution in [2.75, 3.05) is 19.6 Å². The van der Waals surface area contributed by atoms with Gasteiger partial charge in [0, 0.05) is 74.7 Å². The lowest BCUT2D eigenvalue weighted by molar-refractivity contribution is -0.136. The zero-order valence-electron chi connectivity index (χ0n) is 41.9. The molecule has 0 radical (unpaired) electrons. The van der Waals surface area contributed by atoms with Gasteiger partial charge in [-0.25, -0.2) is 4.98 Å². The average Bonchev–Trinajstić information content (AvgIpc) is 4.05. The van der Waals surface area contributed by atoms with Crippen molar-refractivity contribution in [3.63, 3.8) is 0 Å². The second kappa shape index (κ2) is 30.3. The number of nitrogens with two attached hydrogens (primary N) is 4. The number of benzene rings is 2. The quantitative estimate of drug-likeness (QED) is 0.0323. The predicted molar refractivity (Wildman–Crippen MR) is 275 cm³/mol. The first-order chi connectivity index (χ1) is 35.8. The lowest BCUT2D eigenvalue weighted by Crippen LogP contribution is -2.60. The maximum atomic E-state index is 14.4. The van der Waals surface area contributed by atoms with Crippen molar-refractivity contribution in [2.45, 2.75) is 114 Å². The summed E-state index contributed by atoms with van der Waals surface area (Å²) in [5.74, 6) is -7.45. The number of fused-ring (bicyclic) bond motifs is 1. The second-order valence-electron chi connectivity index (χ2n) is 17.6. The number of aliphatic imine (C=N–C) groups is 1. The number of carbonyl (C=O) groups is 10. The van der Waals surface area contributed by atoms with Crippen molar-refractivity contribution in [1.29, 1.82) is 0 Å². The van der Waals surface area contributed by atoms with E-state index in [1.165, 1.54) is 19.4 Å². The lowest BCUT2D eigenvalue weighted by Gasteiger charge is -2.26. The summed E-state index contributed by atoms with van der Waals surface area (Å²) in [5.41, 5.74) is 23.7. The third-order valence-corrected chi connectivity index (χ3v) is 11.6. The van der Waals surface area contributed by atoms with Gasteiger partial charge in [-0.3, -0.25) is 52.9 Å². The third-order valence-electron chi connectivity index (χ3n) is 11.6. The fourth-order valence-corrected chi connectivity index (χ4v) is 7.71. The van der Waals surface area contributed by atoms with Gasteiger partial charge in [0.15, 0.2) is 5.96 Å². The standard InChI is InChI=1S/C46H61N15O9.C3H7NO/c1-26(62)56-33(15-9-17-52-46(48)49)42(67)61-37-21-38(63)51-16-8-7-14-32(40(47)65)58-43(68)35(19-28-22-53-31-13-6-5-12-30(28)31)57-39(64)24-54-41(66)34(18-27-10-3-2-4-11-27)59-44(69)36(60-45(37)70)20-29-23-50-25-55-29;1-2-3(4)5/h2-6,10-13,22-23,25,32-37,53H,7-9,14-21,24H2,1H3,(H2,47,65)(H,50,55)(H,51,63)(H,54,66)(H,56,62)(H,57,64)(H,58,68)(H,59,69)(H,60,70)(H,61,67)(H4,48,49,52);2H2,1H3,(H2,4,5)/t32?,33-,34?,35-,36-,37?;/m0./s1. The molecule has 0 saturated carbocycles. The molecule has 1 aliphatic heterocycles. The van der Waals surface area contributed by atoms with Crippen LogP contribution < -0.4 is 65.5 Å². The number of aromatic amines is 2. The predicted octanol–water partition coefficient (Wildman–Crippen LogP) is -2.93. The van der Waals surface area contributed by atoms with Crippen molar-refractivity contribution < 1.29 is 47.9 Å². The van der Waals surface area contributed by atoms with E-state index >= 15 is 0 Å². The van der Waals surface area contributed by atoms with Crippen LogP contribution in [0.4, 0.5) is 0 Å². The largest absolute Gasteiger partial charge is 0.370 e. The molecule has 3 heterocycles. The molecule has 0 aliphatic carbocycles. The number of hydrogen-bond acceptors (Lipinski definition) is 12. The van der Waals surface area contributed by atoms with Gasteiger partial charge in [-0.05, 0) is 49.3 Å². The number of imidazole rings is 1. The topological polar surface area (TPSA) is 428 Å². The Hall–Kier alpha value is -8.84. The van der Waals surface area contributed by atoms with Crippen LogP contribution in [-0.2, 0) is 67.2 Å². The average molecular weight is 1040 g/mol. The Balaban J connectivity index is 0.00000232. The molecule has 10 amide bonds. The van der Waals surface area contributed by atoms with Crippen molar-refractivity contribution in [3.8, 4) is 0 Å². The van der Waals surface area contributed by atoms with Gasteiger partial charge in [-0.2, -0.15) is 0 Å². The van der Waals surface area contributed by atoms with Crippen molar-refractivity contribution >= 4 is 75.9 Å². The van der Waals surface area contributed by atoms with Crippen LogP contribution in [0.15, 0.2) is 78.3 Å². The zero-order chi connectivity index (χ0) is 54.9.